The molecule has 2 aromatic rings. The smallest absolute Gasteiger partial charge is 0.406 e. The molecule has 0 saturated heterocycles. The van der Waals surface area contributed by atoms with Crippen molar-refractivity contribution in [3.63, 3.8) is 0 Å². The van der Waals surface area contributed by atoms with E-state index in [1.54, 1.807) is 5.38 Å². The number of benzene rings is 1. The third-order valence-corrected chi connectivity index (χ3v) is 2.99. The second kappa shape index (κ2) is 7.25. The van der Waals surface area contributed by atoms with Gasteiger partial charge in [-0.2, -0.15) is 0 Å². The van der Waals surface area contributed by atoms with Gasteiger partial charge in [-0.05, 0) is 24.3 Å². The Morgan fingerprint density at radius 2 is 1.80 bits per heavy atom. The molecule has 2 rings (SSSR count). The highest BCUT2D eigenvalue weighted by Crippen LogP contribution is 2.28. The molecular formula is C13H14F3NO2S. The van der Waals surface area contributed by atoms with Crippen molar-refractivity contribution in [3.05, 3.63) is 35.3 Å². The van der Waals surface area contributed by atoms with E-state index in [-0.39, 0.29) is 12.4 Å². The minimum atomic E-state index is -4.69. The molecule has 1 N–H and O–H groups in total. The van der Waals surface area contributed by atoms with Crippen molar-refractivity contribution >= 4 is 11.3 Å². The van der Waals surface area contributed by atoms with E-state index in [2.05, 4.69) is 9.72 Å². The van der Waals surface area contributed by atoms with Gasteiger partial charge in [0.2, 0.25) is 0 Å². The van der Waals surface area contributed by atoms with E-state index in [0.717, 1.165) is 0 Å². The summed E-state index contributed by atoms with van der Waals surface area (Å²) in [5.41, 5.74) is 1.21. The number of halogens is 3. The molecule has 1 aromatic carbocycles. The van der Waals surface area contributed by atoms with E-state index >= 15 is 0 Å². The number of rotatable bonds is 3. The lowest BCUT2D eigenvalue weighted by atomic mass is 10.2. The highest BCUT2D eigenvalue weighted by molar-refractivity contribution is 7.13. The van der Waals surface area contributed by atoms with Crippen LogP contribution in [0.2, 0.25) is 0 Å². The molecule has 0 spiro atoms. The Morgan fingerprint density at radius 3 is 2.25 bits per heavy atom. The van der Waals surface area contributed by atoms with Gasteiger partial charge >= 0.3 is 6.36 Å². The molecule has 0 aliphatic carbocycles. The predicted octanol–water partition coefficient (Wildman–Crippen LogP) is 4.23. The highest BCUT2D eigenvalue weighted by Gasteiger charge is 2.30. The number of alkyl halides is 3. The first-order valence-electron chi connectivity index (χ1n) is 5.89. The molecule has 1 aromatic heterocycles. The van der Waals surface area contributed by atoms with E-state index in [4.69, 9.17) is 5.11 Å². The summed E-state index contributed by atoms with van der Waals surface area (Å²) in [5, 5.41) is 11.2. The van der Waals surface area contributed by atoms with E-state index in [9.17, 15) is 13.2 Å². The van der Waals surface area contributed by atoms with Crippen LogP contribution in [0.15, 0.2) is 29.6 Å². The van der Waals surface area contributed by atoms with Crippen molar-refractivity contribution in [2.24, 2.45) is 0 Å². The fraction of sp³-hybridized carbons (Fsp3) is 0.308. The summed E-state index contributed by atoms with van der Waals surface area (Å²) >= 11 is 1.31. The first kappa shape index (κ1) is 16.5. The average Bonchev–Trinajstić information content (AvgIpc) is 2.89. The lowest BCUT2D eigenvalue weighted by Crippen LogP contribution is -2.16. The Morgan fingerprint density at radius 1 is 1.20 bits per heavy atom. The molecule has 0 fully saturated rings. The average molecular weight is 305 g/mol. The van der Waals surface area contributed by atoms with E-state index in [1.165, 1.54) is 35.6 Å². The quantitative estimate of drug-likeness (QED) is 0.923. The van der Waals surface area contributed by atoms with Gasteiger partial charge in [-0.25, -0.2) is 4.98 Å². The van der Waals surface area contributed by atoms with Crippen LogP contribution in [0.5, 0.6) is 5.75 Å². The van der Waals surface area contributed by atoms with Crippen LogP contribution in [0.25, 0.3) is 10.6 Å². The molecule has 0 saturated carbocycles. The van der Waals surface area contributed by atoms with Crippen LogP contribution in [0, 0.1) is 0 Å². The zero-order chi connectivity index (χ0) is 15.2. The zero-order valence-corrected chi connectivity index (χ0v) is 11.8. The molecule has 0 amide bonds. The van der Waals surface area contributed by atoms with Gasteiger partial charge in [-0.15, -0.1) is 24.5 Å². The summed E-state index contributed by atoms with van der Waals surface area (Å²) < 4.78 is 39.6. The van der Waals surface area contributed by atoms with Crippen LogP contribution < -0.4 is 4.74 Å². The summed E-state index contributed by atoms with van der Waals surface area (Å²) in [4.78, 5) is 4.11. The van der Waals surface area contributed by atoms with Crippen molar-refractivity contribution in [3.8, 4) is 16.3 Å². The number of hydrogen-bond acceptors (Lipinski definition) is 4. The van der Waals surface area contributed by atoms with Crippen LogP contribution in [-0.2, 0) is 6.61 Å². The number of thiazole rings is 1. The maximum Gasteiger partial charge on any atom is 0.573 e. The van der Waals surface area contributed by atoms with Crippen LogP contribution in [0.4, 0.5) is 13.2 Å². The molecule has 1 heterocycles. The number of nitrogens with zero attached hydrogens (tertiary/aromatic N) is 1. The van der Waals surface area contributed by atoms with Gasteiger partial charge in [0.1, 0.15) is 10.8 Å². The van der Waals surface area contributed by atoms with Gasteiger partial charge in [0, 0.05) is 10.9 Å². The topological polar surface area (TPSA) is 42.4 Å². The van der Waals surface area contributed by atoms with Gasteiger partial charge in [0.05, 0.1) is 12.3 Å². The van der Waals surface area contributed by atoms with Crippen LogP contribution in [0.1, 0.15) is 19.5 Å². The first-order chi connectivity index (χ1) is 9.48. The Kier molecular flexibility index (Phi) is 5.97. The van der Waals surface area contributed by atoms with Gasteiger partial charge in [0.25, 0.3) is 0 Å². The third kappa shape index (κ3) is 4.82. The van der Waals surface area contributed by atoms with E-state index < -0.39 is 6.36 Å². The molecular weight excluding hydrogens is 291 g/mol. The third-order valence-electron chi connectivity index (χ3n) is 2.05. The second-order valence-corrected chi connectivity index (χ2v) is 4.23. The summed E-state index contributed by atoms with van der Waals surface area (Å²) in [7, 11) is 0. The fourth-order valence-corrected chi connectivity index (χ4v) is 2.13. The highest BCUT2D eigenvalue weighted by atomic mass is 32.1. The standard InChI is InChI=1S/C11H8F3NO2S.C2H6/c12-11(13,14)17-9-3-1-7(2-4-9)10-15-8(5-16)6-18-10;1-2/h1-4,6,16H,5H2;1-2H3. The van der Waals surface area contributed by atoms with E-state index in [1.807, 2.05) is 13.8 Å². The normalized spacial score (nSPS) is 10.7. The number of aromatic nitrogens is 1. The minimum Gasteiger partial charge on any atom is -0.406 e. The molecule has 0 bridgehead atoms. The van der Waals surface area contributed by atoms with Crippen molar-refractivity contribution in [1.29, 1.82) is 0 Å². The van der Waals surface area contributed by atoms with Crippen LogP contribution >= 0.6 is 11.3 Å². The van der Waals surface area contributed by atoms with Crippen molar-refractivity contribution in [2.75, 3.05) is 0 Å². The van der Waals surface area contributed by atoms with Crippen molar-refractivity contribution in [1.82, 2.24) is 4.98 Å². The summed E-state index contributed by atoms with van der Waals surface area (Å²) in [6.07, 6.45) is -4.69. The molecule has 0 radical (unpaired) electrons. The maximum atomic E-state index is 12.0. The number of aliphatic hydroxyl groups is 1. The molecule has 7 heteroatoms. The lowest BCUT2D eigenvalue weighted by molar-refractivity contribution is -0.274. The van der Waals surface area contributed by atoms with Gasteiger partial charge in [-0.1, -0.05) is 13.8 Å². The largest absolute Gasteiger partial charge is 0.573 e. The summed E-state index contributed by atoms with van der Waals surface area (Å²) in [6, 6.07) is 5.42. The predicted molar refractivity (Wildman–Crippen MR) is 71.5 cm³/mol. The lowest BCUT2D eigenvalue weighted by Gasteiger charge is -2.08. The zero-order valence-electron chi connectivity index (χ0n) is 10.9. The molecule has 0 unspecified atom stereocenters. The molecule has 0 aliphatic rings. The Balaban J connectivity index is 0.000000956. The van der Waals surface area contributed by atoms with E-state index in [0.29, 0.717) is 16.3 Å². The second-order valence-electron chi connectivity index (χ2n) is 3.37. The fourth-order valence-electron chi connectivity index (χ4n) is 1.31. The monoisotopic (exact) mass is 305 g/mol. The van der Waals surface area contributed by atoms with Gasteiger partial charge in [0.15, 0.2) is 0 Å². The Hall–Kier alpha value is -1.60. The van der Waals surface area contributed by atoms with Crippen LogP contribution in [-0.4, -0.2) is 16.5 Å². The molecule has 0 atom stereocenters. The first-order valence-corrected chi connectivity index (χ1v) is 6.77. The van der Waals surface area contributed by atoms with Crippen LogP contribution in [0.3, 0.4) is 0 Å². The van der Waals surface area contributed by atoms with Gasteiger partial charge < -0.3 is 9.84 Å². The van der Waals surface area contributed by atoms with Gasteiger partial charge in [-0.3, -0.25) is 0 Å². The summed E-state index contributed by atoms with van der Waals surface area (Å²) in [5.74, 6) is -0.273. The molecule has 0 aliphatic heterocycles. The maximum absolute atomic E-state index is 12.0. The molecule has 20 heavy (non-hydrogen) atoms. The summed E-state index contributed by atoms with van der Waals surface area (Å²) in [6.45, 7) is 3.84. The molecule has 110 valence electrons. The Bertz CT molecular complexity index is 523. The number of hydrogen-bond donors (Lipinski definition) is 1. The Labute approximate surface area is 118 Å². The number of ether oxygens (including phenoxy) is 1. The number of aliphatic hydroxyl groups excluding tert-OH is 1. The SMILES string of the molecule is CC.OCc1csc(-c2ccc(OC(F)(F)F)cc2)n1. The molecule has 3 nitrogen and oxygen atoms in total. The van der Waals surface area contributed by atoms with Crippen molar-refractivity contribution < 1.29 is 23.0 Å². The minimum absolute atomic E-state index is 0.161. The van der Waals surface area contributed by atoms with Crippen molar-refractivity contribution in [2.45, 2.75) is 26.8 Å².